The van der Waals surface area contributed by atoms with Crippen LogP contribution in [0.4, 0.5) is 8.78 Å². The predicted molar refractivity (Wildman–Crippen MR) is 70.2 cm³/mol. The van der Waals surface area contributed by atoms with Crippen LogP contribution in [0, 0.1) is 11.6 Å². The molecule has 0 spiro atoms. The third-order valence-electron chi connectivity index (χ3n) is 2.93. The summed E-state index contributed by atoms with van der Waals surface area (Å²) in [7, 11) is 0. The topological polar surface area (TPSA) is 17.8 Å². The van der Waals surface area contributed by atoms with Crippen molar-refractivity contribution in [3.05, 3.63) is 64.9 Å². The van der Waals surface area contributed by atoms with Gasteiger partial charge in [0.25, 0.3) is 0 Å². The molecule has 1 heterocycles. The number of imidazole rings is 1. The lowest BCUT2D eigenvalue weighted by atomic mass is 10.2. The SMILES string of the molecule is Fc1cc2ncn(Cc3ccc(Cl)cc3)c2cc1F. The molecule has 0 aliphatic carbocycles. The summed E-state index contributed by atoms with van der Waals surface area (Å²) in [5.41, 5.74) is 2.01. The van der Waals surface area contributed by atoms with Crippen LogP contribution >= 0.6 is 11.6 Å². The van der Waals surface area contributed by atoms with Crippen LogP contribution in [-0.2, 0) is 6.54 Å². The van der Waals surface area contributed by atoms with Gasteiger partial charge in [-0.1, -0.05) is 23.7 Å². The Morgan fingerprint density at radius 2 is 1.74 bits per heavy atom. The van der Waals surface area contributed by atoms with Crippen molar-refractivity contribution in [1.29, 1.82) is 0 Å². The number of rotatable bonds is 2. The van der Waals surface area contributed by atoms with Crippen molar-refractivity contribution in [2.75, 3.05) is 0 Å². The van der Waals surface area contributed by atoms with Crippen LogP contribution in [0.5, 0.6) is 0 Å². The molecule has 0 atom stereocenters. The smallest absolute Gasteiger partial charge is 0.161 e. The standard InChI is InChI=1S/C14H9ClF2N2/c15-10-3-1-9(2-4-10)7-19-8-18-13-5-11(16)12(17)6-14(13)19/h1-6,8H,7H2. The Balaban J connectivity index is 2.01. The first-order valence-corrected chi connectivity index (χ1v) is 6.05. The van der Waals surface area contributed by atoms with Crippen LogP contribution in [0.25, 0.3) is 11.0 Å². The zero-order valence-electron chi connectivity index (χ0n) is 9.78. The maximum atomic E-state index is 13.3. The molecular formula is C14H9ClF2N2. The Morgan fingerprint density at radius 1 is 1.05 bits per heavy atom. The van der Waals surface area contributed by atoms with Crippen molar-refractivity contribution in [1.82, 2.24) is 9.55 Å². The van der Waals surface area contributed by atoms with Gasteiger partial charge in [0.1, 0.15) is 0 Å². The molecule has 0 unspecified atom stereocenters. The summed E-state index contributed by atoms with van der Waals surface area (Å²) in [5, 5.41) is 0.660. The van der Waals surface area contributed by atoms with Gasteiger partial charge in [-0.05, 0) is 17.7 Å². The number of fused-ring (bicyclic) bond motifs is 1. The van der Waals surface area contributed by atoms with Crippen molar-refractivity contribution in [3.8, 4) is 0 Å². The Kier molecular flexibility index (Phi) is 2.95. The third-order valence-corrected chi connectivity index (χ3v) is 3.18. The van der Waals surface area contributed by atoms with E-state index < -0.39 is 11.6 Å². The van der Waals surface area contributed by atoms with Crippen molar-refractivity contribution in [2.24, 2.45) is 0 Å². The van der Waals surface area contributed by atoms with E-state index in [4.69, 9.17) is 11.6 Å². The van der Waals surface area contributed by atoms with Gasteiger partial charge in [-0.3, -0.25) is 0 Å². The molecule has 0 radical (unpaired) electrons. The molecule has 0 aliphatic heterocycles. The first-order valence-electron chi connectivity index (χ1n) is 5.68. The second-order valence-electron chi connectivity index (χ2n) is 4.25. The lowest BCUT2D eigenvalue weighted by Crippen LogP contribution is -1.98. The van der Waals surface area contributed by atoms with Gasteiger partial charge >= 0.3 is 0 Å². The quantitative estimate of drug-likeness (QED) is 0.692. The molecule has 0 bridgehead atoms. The summed E-state index contributed by atoms with van der Waals surface area (Å²) in [4.78, 5) is 4.06. The zero-order chi connectivity index (χ0) is 13.4. The summed E-state index contributed by atoms with van der Waals surface area (Å²) < 4.78 is 28.1. The van der Waals surface area contributed by atoms with Gasteiger partial charge in [0.15, 0.2) is 11.6 Å². The Labute approximate surface area is 113 Å². The minimum Gasteiger partial charge on any atom is -0.326 e. The van der Waals surface area contributed by atoms with Crippen molar-refractivity contribution in [3.63, 3.8) is 0 Å². The highest BCUT2D eigenvalue weighted by molar-refractivity contribution is 6.30. The zero-order valence-corrected chi connectivity index (χ0v) is 10.5. The molecule has 2 aromatic carbocycles. The predicted octanol–water partition coefficient (Wildman–Crippen LogP) is 4.02. The van der Waals surface area contributed by atoms with Gasteiger partial charge in [-0.2, -0.15) is 0 Å². The van der Waals surface area contributed by atoms with Gasteiger partial charge in [-0.15, -0.1) is 0 Å². The highest BCUT2D eigenvalue weighted by Crippen LogP contribution is 2.19. The molecule has 5 heteroatoms. The normalized spacial score (nSPS) is 11.1. The second kappa shape index (κ2) is 4.63. The largest absolute Gasteiger partial charge is 0.326 e. The van der Waals surface area contributed by atoms with Crippen LogP contribution in [0.15, 0.2) is 42.7 Å². The summed E-state index contributed by atoms with van der Waals surface area (Å²) >= 11 is 5.82. The number of benzene rings is 2. The lowest BCUT2D eigenvalue weighted by molar-refractivity contribution is 0.510. The summed E-state index contributed by atoms with van der Waals surface area (Å²) in [6.45, 7) is 0.527. The molecule has 0 fully saturated rings. The van der Waals surface area contributed by atoms with E-state index in [-0.39, 0.29) is 0 Å². The van der Waals surface area contributed by atoms with Gasteiger partial charge in [0.2, 0.25) is 0 Å². The number of aromatic nitrogens is 2. The van der Waals surface area contributed by atoms with Crippen LogP contribution in [-0.4, -0.2) is 9.55 Å². The lowest BCUT2D eigenvalue weighted by Gasteiger charge is -2.05. The highest BCUT2D eigenvalue weighted by atomic mass is 35.5. The number of hydrogen-bond donors (Lipinski definition) is 0. The molecule has 96 valence electrons. The maximum Gasteiger partial charge on any atom is 0.161 e. The average molecular weight is 279 g/mol. The molecule has 19 heavy (non-hydrogen) atoms. The minimum atomic E-state index is -0.885. The summed E-state index contributed by atoms with van der Waals surface area (Å²) in [6.07, 6.45) is 1.57. The maximum absolute atomic E-state index is 13.3. The van der Waals surface area contributed by atoms with E-state index >= 15 is 0 Å². The second-order valence-corrected chi connectivity index (χ2v) is 4.69. The fraction of sp³-hybridized carbons (Fsp3) is 0.0714. The molecule has 0 saturated heterocycles. The van der Waals surface area contributed by atoms with E-state index in [0.29, 0.717) is 22.6 Å². The van der Waals surface area contributed by atoms with E-state index in [0.717, 1.165) is 17.7 Å². The van der Waals surface area contributed by atoms with Crippen LogP contribution < -0.4 is 0 Å². The van der Waals surface area contributed by atoms with E-state index in [1.807, 2.05) is 12.1 Å². The summed E-state index contributed by atoms with van der Waals surface area (Å²) in [6, 6.07) is 9.60. The molecule has 0 saturated carbocycles. The fourth-order valence-electron chi connectivity index (χ4n) is 1.97. The van der Waals surface area contributed by atoms with E-state index in [9.17, 15) is 8.78 Å². The summed E-state index contributed by atoms with van der Waals surface area (Å²) in [5.74, 6) is -1.76. The first kappa shape index (κ1) is 12.1. The van der Waals surface area contributed by atoms with E-state index in [2.05, 4.69) is 4.98 Å². The van der Waals surface area contributed by atoms with Crippen LogP contribution in [0.1, 0.15) is 5.56 Å². The van der Waals surface area contributed by atoms with E-state index in [1.54, 1.807) is 23.0 Å². The number of hydrogen-bond acceptors (Lipinski definition) is 1. The molecular weight excluding hydrogens is 270 g/mol. The molecule has 3 rings (SSSR count). The fourth-order valence-corrected chi connectivity index (χ4v) is 2.09. The number of nitrogens with zero attached hydrogens (tertiary/aromatic N) is 2. The van der Waals surface area contributed by atoms with Gasteiger partial charge in [0.05, 0.1) is 17.4 Å². The number of halogens is 3. The van der Waals surface area contributed by atoms with Crippen LogP contribution in [0.3, 0.4) is 0 Å². The highest BCUT2D eigenvalue weighted by Gasteiger charge is 2.09. The van der Waals surface area contributed by atoms with Gasteiger partial charge < -0.3 is 4.57 Å². The van der Waals surface area contributed by atoms with Crippen LogP contribution in [0.2, 0.25) is 5.02 Å². The molecule has 3 aromatic rings. The first-order chi connectivity index (χ1) is 9.13. The Bertz CT molecular complexity index is 735. The molecule has 0 aliphatic rings. The third kappa shape index (κ3) is 2.31. The Morgan fingerprint density at radius 3 is 2.47 bits per heavy atom. The minimum absolute atomic E-state index is 0.438. The molecule has 0 amide bonds. The molecule has 0 N–H and O–H groups in total. The Hall–Kier alpha value is -1.94. The van der Waals surface area contributed by atoms with Crippen molar-refractivity contribution < 1.29 is 8.78 Å². The van der Waals surface area contributed by atoms with Gasteiger partial charge in [-0.25, -0.2) is 13.8 Å². The molecule has 2 nitrogen and oxygen atoms in total. The average Bonchev–Trinajstić information content (AvgIpc) is 2.76. The monoisotopic (exact) mass is 278 g/mol. The van der Waals surface area contributed by atoms with E-state index in [1.165, 1.54) is 0 Å². The molecule has 1 aromatic heterocycles. The van der Waals surface area contributed by atoms with Crippen molar-refractivity contribution >= 4 is 22.6 Å². The van der Waals surface area contributed by atoms with Crippen molar-refractivity contribution in [2.45, 2.75) is 6.54 Å². The van der Waals surface area contributed by atoms with Gasteiger partial charge in [0, 0.05) is 23.7 Å².